The third kappa shape index (κ3) is 2.29. The zero-order chi connectivity index (χ0) is 13.9. The number of hydrogen-bond donors (Lipinski definition) is 1. The standard InChI is InChI=1S/C13H16N6O/c1-20-11-5-4-10-12(17-11)19(13(14)16-10)9-3-8-18-7-2-6-15-18/h2,4-7H,3,8-9H2,1H3,(H2,14,16). The first-order valence-electron chi connectivity index (χ1n) is 6.42. The van der Waals surface area contributed by atoms with E-state index in [0.717, 1.165) is 30.7 Å². The number of aryl methyl sites for hydroxylation is 2. The van der Waals surface area contributed by atoms with Crippen molar-refractivity contribution in [2.45, 2.75) is 19.5 Å². The Morgan fingerprint density at radius 3 is 2.90 bits per heavy atom. The minimum atomic E-state index is 0.473. The molecule has 0 fully saturated rings. The number of methoxy groups -OCH3 is 1. The predicted octanol–water partition coefficient (Wildman–Crippen LogP) is 1.31. The number of aromatic nitrogens is 5. The molecule has 0 aliphatic rings. The second-order valence-corrected chi connectivity index (χ2v) is 4.44. The van der Waals surface area contributed by atoms with Gasteiger partial charge in [0.05, 0.1) is 7.11 Å². The Balaban J connectivity index is 1.80. The largest absolute Gasteiger partial charge is 0.481 e. The summed E-state index contributed by atoms with van der Waals surface area (Å²) in [6.07, 6.45) is 4.61. The molecular weight excluding hydrogens is 256 g/mol. The van der Waals surface area contributed by atoms with Gasteiger partial charge < -0.3 is 10.5 Å². The summed E-state index contributed by atoms with van der Waals surface area (Å²) in [5.74, 6) is 1.03. The number of nitrogen functional groups attached to an aromatic ring is 1. The lowest BCUT2D eigenvalue weighted by atomic mass is 10.4. The molecule has 0 radical (unpaired) electrons. The van der Waals surface area contributed by atoms with Gasteiger partial charge in [-0.05, 0) is 18.6 Å². The van der Waals surface area contributed by atoms with Crippen LogP contribution in [0.1, 0.15) is 6.42 Å². The van der Waals surface area contributed by atoms with Crippen molar-refractivity contribution in [3.8, 4) is 5.88 Å². The molecule has 104 valence electrons. The van der Waals surface area contributed by atoms with E-state index in [1.54, 1.807) is 19.4 Å². The fourth-order valence-corrected chi connectivity index (χ4v) is 2.16. The number of rotatable bonds is 5. The van der Waals surface area contributed by atoms with Gasteiger partial charge in [0.25, 0.3) is 0 Å². The third-order valence-electron chi connectivity index (χ3n) is 3.13. The molecular formula is C13H16N6O. The zero-order valence-electron chi connectivity index (χ0n) is 11.2. The Bertz CT molecular complexity index is 703. The summed E-state index contributed by atoms with van der Waals surface area (Å²) >= 11 is 0. The molecule has 0 spiro atoms. The van der Waals surface area contributed by atoms with Crippen LogP contribution in [-0.4, -0.2) is 31.4 Å². The van der Waals surface area contributed by atoms with E-state index < -0.39 is 0 Å². The summed E-state index contributed by atoms with van der Waals surface area (Å²) in [6, 6.07) is 5.55. The first-order chi connectivity index (χ1) is 9.78. The molecule has 0 amide bonds. The monoisotopic (exact) mass is 272 g/mol. The van der Waals surface area contributed by atoms with Gasteiger partial charge >= 0.3 is 0 Å². The van der Waals surface area contributed by atoms with Crippen LogP contribution >= 0.6 is 0 Å². The van der Waals surface area contributed by atoms with E-state index in [9.17, 15) is 0 Å². The van der Waals surface area contributed by atoms with Crippen LogP contribution in [0, 0.1) is 0 Å². The molecule has 0 bridgehead atoms. The summed E-state index contributed by atoms with van der Waals surface area (Å²) in [7, 11) is 1.59. The molecule has 0 aromatic carbocycles. The first kappa shape index (κ1) is 12.5. The lowest BCUT2D eigenvalue weighted by molar-refractivity contribution is 0.399. The van der Waals surface area contributed by atoms with Gasteiger partial charge in [-0.15, -0.1) is 0 Å². The molecule has 3 heterocycles. The van der Waals surface area contributed by atoms with E-state index in [4.69, 9.17) is 10.5 Å². The number of nitrogens with zero attached hydrogens (tertiary/aromatic N) is 5. The molecule has 0 aliphatic carbocycles. The molecule has 3 aromatic heterocycles. The fraction of sp³-hybridized carbons (Fsp3) is 0.308. The maximum atomic E-state index is 5.95. The SMILES string of the molecule is COc1ccc2nc(N)n(CCCn3cccn3)c2n1. The second kappa shape index (κ2) is 5.20. The van der Waals surface area contributed by atoms with Crippen LogP contribution in [-0.2, 0) is 13.1 Å². The van der Waals surface area contributed by atoms with Crippen molar-refractivity contribution in [3.63, 3.8) is 0 Å². The third-order valence-corrected chi connectivity index (χ3v) is 3.13. The number of fused-ring (bicyclic) bond motifs is 1. The first-order valence-corrected chi connectivity index (χ1v) is 6.42. The highest BCUT2D eigenvalue weighted by Gasteiger charge is 2.10. The Kier molecular flexibility index (Phi) is 3.24. The number of pyridine rings is 1. The Labute approximate surface area is 116 Å². The molecule has 3 rings (SSSR count). The maximum absolute atomic E-state index is 5.95. The molecule has 7 nitrogen and oxygen atoms in total. The fourth-order valence-electron chi connectivity index (χ4n) is 2.16. The molecule has 20 heavy (non-hydrogen) atoms. The summed E-state index contributed by atoms with van der Waals surface area (Å²) in [5, 5.41) is 4.17. The molecule has 0 saturated carbocycles. The van der Waals surface area contributed by atoms with Gasteiger partial charge in [0, 0.05) is 31.5 Å². The normalized spacial score (nSPS) is 11.1. The zero-order valence-corrected chi connectivity index (χ0v) is 11.2. The molecule has 0 aliphatic heterocycles. The van der Waals surface area contributed by atoms with Crippen LogP contribution in [0.3, 0.4) is 0 Å². The number of ether oxygens (including phenoxy) is 1. The van der Waals surface area contributed by atoms with Gasteiger partial charge in [0.1, 0.15) is 5.52 Å². The van der Waals surface area contributed by atoms with Crippen molar-refractivity contribution in [2.75, 3.05) is 12.8 Å². The van der Waals surface area contributed by atoms with Crippen LogP contribution in [0.2, 0.25) is 0 Å². The number of anilines is 1. The van der Waals surface area contributed by atoms with Crippen molar-refractivity contribution < 1.29 is 4.74 Å². The van der Waals surface area contributed by atoms with Crippen LogP contribution in [0.25, 0.3) is 11.2 Å². The van der Waals surface area contributed by atoms with Crippen LogP contribution in [0.5, 0.6) is 5.88 Å². The van der Waals surface area contributed by atoms with Crippen molar-refractivity contribution in [3.05, 3.63) is 30.6 Å². The van der Waals surface area contributed by atoms with E-state index in [2.05, 4.69) is 15.1 Å². The Morgan fingerprint density at radius 2 is 2.15 bits per heavy atom. The van der Waals surface area contributed by atoms with E-state index >= 15 is 0 Å². The van der Waals surface area contributed by atoms with Crippen LogP contribution in [0.15, 0.2) is 30.6 Å². The molecule has 0 saturated heterocycles. The molecule has 0 atom stereocenters. The molecule has 0 unspecified atom stereocenters. The van der Waals surface area contributed by atoms with Gasteiger partial charge in [0.2, 0.25) is 11.8 Å². The highest BCUT2D eigenvalue weighted by molar-refractivity contribution is 5.74. The lowest BCUT2D eigenvalue weighted by Gasteiger charge is -2.06. The lowest BCUT2D eigenvalue weighted by Crippen LogP contribution is -2.08. The van der Waals surface area contributed by atoms with Crippen molar-refractivity contribution in [2.24, 2.45) is 0 Å². The van der Waals surface area contributed by atoms with Gasteiger partial charge in [-0.3, -0.25) is 9.25 Å². The predicted molar refractivity (Wildman–Crippen MR) is 75.3 cm³/mol. The van der Waals surface area contributed by atoms with Gasteiger partial charge in [-0.25, -0.2) is 4.98 Å². The van der Waals surface area contributed by atoms with E-state index in [1.807, 2.05) is 27.6 Å². The number of hydrogen-bond acceptors (Lipinski definition) is 5. The number of imidazole rings is 1. The van der Waals surface area contributed by atoms with Crippen molar-refractivity contribution >= 4 is 17.1 Å². The summed E-state index contributed by atoms with van der Waals surface area (Å²) in [4.78, 5) is 8.71. The Hall–Kier alpha value is -2.57. The van der Waals surface area contributed by atoms with E-state index in [-0.39, 0.29) is 0 Å². The van der Waals surface area contributed by atoms with Gasteiger partial charge in [-0.2, -0.15) is 10.1 Å². The highest BCUT2D eigenvalue weighted by Crippen LogP contribution is 2.19. The van der Waals surface area contributed by atoms with E-state index in [0.29, 0.717) is 11.8 Å². The Morgan fingerprint density at radius 1 is 1.25 bits per heavy atom. The van der Waals surface area contributed by atoms with Gasteiger partial charge in [-0.1, -0.05) is 0 Å². The minimum Gasteiger partial charge on any atom is -0.481 e. The van der Waals surface area contributed by atoms with E-state index in [1.165, 1.54) is 0 Å². The molecule has 2 N–H and O–H groups in total. The van der Waals surface area contributed by atoms with Crippen LogP contribution < -0.4 is 10.5 Å². The smallest absolute Gasteiger partial charge is 0.215 e. The average Bonchev–Trinajstić information content (AvgIpc) is 3.07. The summed E-state index contributed by atoms with van der Waals surface area (Å²) in [6.45, 7) is 1.57. The summed E-state index contributed by atoms with van der Waals surface area (Å²) < 4.78 is 8.94. The minimum absolute atomic E-state index is 0.473. The van der Waals surface area contributed by atoms with Crippen LogP contribution in [0.4, 0.5) is 5.95 Å². The van der Waals surface area contributed by atoms with Crippen molar-refractivity contribution in [1.82, 2.24) is 24.3 Å². The second-order valence-electron chi connectivity index (χ2n) is 4.44. The van der Waals surface area contributed by atoms with Crippen molar-refractivity contribution in [1.29, 1.82) is 0 Å². The topological polar surface area (TPSA) is 83.8 Å². The average molecular weight is 272 g/mol. The quantitative estimate of drug-likeness (QED) is 0.757. The van der Waals surface area contributed by atoms with Gasteiger partial charge in [0.15, 0.2) is 5.65 Å². The highest BCUT2D eigenvalue weighted by atomic mass is 16.5. The summed E-state index contributed by atoms with van der Waals surface area (Å²) in [5.41, 5.74) is 7.49. The molecule has 3 aromatic rings. The molecule has 7 heteroatoms. The maximum Gasteiger partial charge on any atom is 0.215 e. The number of nitrogens with two attached hydrogens (primary N) is 1.